The first-order valence-electron chi connectivity index (χ1n) is 10.1. The monoisotopic (exact) mass is 432 g/mol. The van der Waals surface area contributed by atoms with E-state index in [1.165, 1.54) is 0 Å². The van der Waals surface area contributed by atoms with Crippen molar-refractivity contribution in [3.8, 4) is 11.3 Å². The number of carbonyl (C=O) groups excluding carboxylic acids is 1. The first-order valence-corrected chi connectivity index (χ1v) is 10.1. The zero-order chi connectivity index (χ0) is 22.0. The van der Waals surface area contributed by atoms with Crippen LogP contribution in [0.15, 0.2) is 36.7 Å². The van der Waals surface area contributed by atoms with Gasteiger partial charge in [0.1, 0.15) is 11.5 Å². The molecule has 1 fully saturated rings. The molecule has 0 aliphatic carbocycles. The predicted octanol–water partition coefficient (Wildman–Crippen LogP) is 3.63. The minimum atomic E-state index is -4.15. The second-order valence-corrected chi connectivity index (χ2v) is 7.88. The number of piperidine rings is 1. The van der Waals surface area contributed by atoms with Crippen LogP contribution in [0.2, 0.25) is 0 Å². The maximum absolute atomic E-state index is 12.6. The van der Waals surface area contributed by atoms with Gasteiger partial charge in [0, 0.05) is 36.7 Å². The number of carbonyl (C=O) groups is 1. The van der Waals surface area contributed by atoms with Gasteiger partial charge in [-0.1, -0.05) is 17.3 Å². The topological polar surface area (TPSA) is 75.9 Å². The summed E-state index contributed by atoms with van der Waals surface area (Å²) in [5, 5.41) is 12.8. The molecule has 1 aromatic carbocycles. The molecule has 1 amide bonds. The lowest BCUT2D eigenvalue weighted by molar-refractivity contribution is -0.139. The lowest BCUT2D eigenvalue weighted by Crippen LogP contribution is -2.39. The molecule has 0 unspecified atom stereocenters. The standard InChI is InChI=1S/C21H23F3N6O/c1-29-13-18(27-28-29)15-2-3-16-12-25-19(11-17(16)10-15)26-20(31)14-4-7-30(8-5-14)9-6-21(22,23)24/h2-3,10-14H,4-9H2,1H3,(H,25,26,31). The summed E-state index contributed by atoms with van der Waals surface area (Å²) in [7, 11) is 1.80. The fraction of sp³-hybridized carbons (Fsp3) is 0.429. The van der Waals surface area contributed by atoms with Crippen LogP contribution >= 0.6 is 0 Å². The fourth-order valence-electron chi connectivity index (χ4n) is 3.78. The molecule has 0 spiro atoms. The Balaban J connectivity index is 1.38. The minimum absolute atomic E-state index is 0.0157. The lowest BCUT2D eigenvalue weighted by atomic mass is 9.95. The summed E-state index contributed by atoms with van der Waals surface area (Å²) in [5.41, 5.74) is 1.67. The van der Waals surface area contributed by atoms with Crippen molar-refractivity contribution in [3.63, 3.8) is 0 Å². The normalized spacial score (nSPS) is 16.0. The first-order chi connectivity index (χ1) is 14.8. The number of hydrogen-bond acceptors (Lipinski definition) is 5. The van der Waals surface area contributed by atoms with Crippen LogP contribution in [-0.2, 0) is 11.8 Å². The summed E-state index contributed by atoms with van der Waals surface area (Å²) in [6.07, 6.45) is -0.371. The van der Waals surface area contributed by atoms with Crippen molar-refractivity contribution in [1.29, 1.82) is 0 Å². The van der Waals surface area contributed by atoms with Gasteiger partial charge in [-0.05, 0) is 43.5 Å². The van der Waals surface area contributed by atoms with E-state index in [1.54, 1.807) is 22.8 Å². The SMILES string of the molecule is Cn1cc(-c2ccc3cnc(NC(=O)C4CCN(CCC(F)(F)F)CC4)cc3c2)nn1. The molecule has 31 heavy (non-hydrogen) atoms. The molecule has 1 aliphatic rings. The molecule has 10 heteroatoms. The van der Waals surface area contributed by atoms with Crippen LogP contribution < -0.4 is 5.32 Å². The van der Waals surface area contributed by atoms with Gasteiger partial charge < -0.3 is 10.2 Å². The van der Waals surface area contributed by atoms with Crippen LogP contribution in [0.25, 0.3) is 22.0 Å². The Hall–Kier alpha value is -3.01. The van der Waals surface area contributed by atoms with Crippen molar-refractivity contribution in [2.45, 2.75) is 25.4 Å². The highest BCUT2D eigenvalue weighted by molar-refractivity contribution is 5.95. The minimum Gasteiger partial charge on any atom is -0.310 e. The summed E-state index contributed by atoms with van der Waals surface area (Å²) < 4.78 is 38.8. The quantitative estimate of drug-likeness (QED) is 0.666. The number of anilines is 1. The third-order valence-electron chi connectivity index (χ3n) is 5.54. The Kier molecular flexibility index (Phi) is 5.90. The summed E-state index contributed by atoms with van der Waals surface area (Å²) in [4.78, 5) is 18.7. The number of fused-ring (bicyclic) bond motifs is 1. The summed E-state index contributed by atoms with van der Waals surface area (Å²) in [5.74, 6) is 0.0752. The van der Waals surface area contributed by atoms with Crippen molar-refractivity contribution in [2.24, 2.45) is 13.0 Å². The van der Waals surface area contributed by atoms with Gasteiger partial charge in [0.05, 0.1) is 12.6 Å². The van der Waals surface area contributed by atoms with Gasteiger partial charge in [-0.15, -0.1) is 5.10 Å². The van der Waals surface area contributed by atoms with E-state index in [-0.39, 0.29) is 18.4 Å². The number of benzene rings is 1. The fourth-order valence-corrected chi connectivity index (χ4v) is 3.78. The van der Waals surface area contributed by atoms with E-state index in [0.29, 0.717) is 31.7 Å². The van der Waals surface area contributed by atoms with Gasteiger partial charge in [-0.25, -0.2) is 4.98 Å². The summed E-state index contributed by atoms with van der Waals surface area (Å²) in [6.45, 7) is 0.958. The Morgan fingerprint density at radius 3 is 2.65 bits per heavy atom. The van der Waals surface area contributed by atoms with Crippen LogP contribution in [0.4, 0.5) is 19.0 Å². The van der Waals surface area contributed by atoms with Crippen molar-refractivity contribution in [1.82, 2.24) is 24.9 Å². The largest absolute Gasteiger partial charge is 0.390 e. The molecule has 0 bridgehead atoms. The average molecular weight is 432 g/mol. The van der Waals surface area contributed by atoms with Crippen LogP contribution in [0, 0.1) is 5.92 Å². The molecule has 1 N–H and O–H groups in total. The van der Waals surface area contributed by atoms with E-state index in [0.717, 1.165) is 22.0 Å². The Bertz CT molecular complexity index is 1070. The third-order valence-corrected chi connectivity index (χ3v) is 5.54. The van der Waals surface area contributed by atoms with Gasteiger partial charge in [-0.2, -0.15) is 13.2 Å². The molecule has 2 aromatic heterocycles. The van der Waals surface area contributed by atoms with E-state index in [2.05, 4.69) is 20.6 Å². The van der Waals surface area contributed by atoms with Crippen LogP contribution in [0.3, 0.4) is 0 Å². The van der Waals surface area contributed by atoms with Gasteiger partial charge >= 0.3 is 6.18 Å². The molecule has 0 radical (unpaired) electrons. The van der Waals surface area contributed by atoms with Crippen molar-refractivity contribution >= 4 is 22.5 Å². The van der Waals surface area contributed by atoms with Gasteiger partial charge in [0.15, 0.2) is 0 Å². The number of amides is 1. The van der Waals surface area contributed by atoms with Crippen molar-refractivity contribution < 1.29 is 18.0 Å². The number of likely N-dealkylation sites (tertiary alicyclic amines) is 1. The smallest absolute Gasteiger partial charge is 0.310 e. The number of alkyl halides is 3. The Morgan fingerprint density at radius 1 is 1.19 bits per heavy atom. The molecular weight excluding hydrogens is 409 g/mol. The van der Waals surface area contributed by atoms with Gasteiger partial charge in [0.25, 0.3) is 0 Å². The van der Waals surface area contributed by atoms with Crippen molar-refractivity contribution in [2.75, 3.05) is 25.0 Å². The Labute approximate surface area is 177 Å². The maximum Gasteiger partial charge on any atom is 0.390 e. The average Bonchev–Trinajstić information content (AvgIpc) is 3.18. The van der Waals surface area contributed by atoms with Gasteiger partial charge in [-0.3, -0.25) is 9.48 Å². The van der Waals surface area contributed by atoms with E-state index < -0.39 is 12.6 Å². The number of nitrogens with zero attached hydrogens (tertiary/aromatic N) is 5. The van der Waals surface area contributed by atoms with Crippen LogP contribution in [0.1, 0.15) is 19.3 Å². The molecule has 0 atom stereocenters. The molecular formula is C21H23F3N6O. The highest BCUT2D eigenvalue weighted by Gasteiger charge is 2.30. The van der Waals surface area contributed by atoms with Crippen LogP contribution in [0.5, 0.6) is 0 Å². The van der Waals surface area contributed by atoms with Crippen LogP contribution in [-0.4, -0.2) is 56.6 Å². The number of hydrogen-bond donors (Lipinski definition) is 1. The molecule has 4 rings (SSSR count). The second kappa shape index (κ2) is 8.62. The predicted molar refractivity (Wildman–Crippen MR) is 110 cm³/mol. The van der Waals surface area contributed by atoms with E-state index in [9.17, 15) is 18.0 Å². The van der Waals surface area contributed by atoms with E-state index >= 15 is 0 Å². The number of pyridine rings is 1. The molecule has 3 heterocycles. The number of aromatic nitrogens is 4. The maximum atomic E-state index is 12.6. The lowest BCUT2D eigenvalue weighted by Gasteiger charge is -2.31. The molecule has 1 saturated heterocycles. The van der Waals surface area contributed by atoms with E-state index in [1.807, 2.05) is 30.5 Å². The zero-order valence-corrected chi connectivity index (χ0v) is 17.1. The zero-order valence-electron chi connectivity index (χ0n) is 17.1. The third kappa shape index (κ3) is 5.38. The number of aryl methyl sites for hydroxylation is 1. The highest BCUT2D eigenvalue weighted by Crippen LogP contribution is 2.26. The molecule has 0 saturated carbocycles. The molecule has 3 aromatic rings. The Morgan fingerprint density at radius 2 is 1.97 bits per heavy atom. The molecule has 164 valence electrons. The summed E-state index contributed by atoms with van der Waals surface area (Å²) >= 11 is 0. The summed E-state index contributed by atoms with van der Waals surface area (Å²) in [6, 6.07) is 7.66. The number of nitrogens with one attached hydrogen (secondary N) is 1. The second-order valence-electron chi connectivity index (χ2n) is 7.88. The molecule has 7 nitrogen and oxygen atoms in total. The first kappa shape index (κ1) is 21.2. The number of rotatable bonds is 5. The molecule has 1 aliphatic heterocycles. The highest BCUT2D eigenvalue weighted by atomic mass is 19.4. The van der Waals surface area contributed by atoms with Gasteiger partial charge in [0.2, 0.25) is 5.91 Å². The van der Waals surface area contributed by atoms with E-state index in [4.69, 9.17) is 0 Å². The van der Waals surface area contributed by atoms with Crippen molar-refractivity contribution in [3.05, 3.63) is 36.7 Å². The number of halogens is 3.